The van der Waals surface area contributed by atoms with Crippen LogP contribution < -0.4 is 5.32 Å². The van der Waals surface area contributed by atoms with Crippen molar-refractivity contribution >= 4 is 16.7 Å². The van der Waals surface area contributed by atoms with Crippen LogP contribution in [0.4, 0.5) is 0 Å². The summed E-state index contributed by atoms with van der Waals surface area (Å²) in [5.41, 5.74) is 3.20. The van der Waals surface area contributed by atoms with Gasteiger partial charge < -0.3 is 14.6 Å². The predicted octanol–water partition coefficient (Wildman–Crippen LogP) is 3.63. The van der Waals surface area contributed by atoms with E-state index in [4.69, 9.17) is 4.42 Å². The van der Waals surface area contributed by atoms with E-state index in [0.29, 0.717) is 35.2 Å². The average Bonchev–Trinajstić information content (AvgIpc) is 3.24. The minimum absolute atomic E-state index is 0.0819. The number of hydrogen-bond donors (Lipinski definition) is 1. The molecule has 4 rings (SSSR count). The van der Waals surface area contributed by atoms with Gasteiger partial charge >= 0.3 is 0 Å². The van der Waals surface area contributed by atoms with Crippen molar-refractivity contribution in [3.05, 3.63) is 71.1 Å². The highest BCUT2D eigenvalue weighted by atomic mass is 32.2. The third-order valence-corrected chi connectivity index (χ3v) is 7.80. The Morgan fingerprint density at radius 2 is 1.66 bits per heavy atom. The number of hydrogen-bond acceptors (Lipinski definition) is 6. The summed E-state index contributed by atoms with van der Waals surface area (Å²) >= 11 is 0. The molecule has 0 saturated carbocycles. The molecule has 35 heavy (non-hydrogen) atoms. The van der Waals surface area contributed by atoms with Gasteiger partial charge in [-0.25, -0.2) is 4.98 Å². The number of aromatic nitrogens is 1. The van der Waals surface area contributed by atoms with E-state index in [-0.39, 0.29) is 5.91 Å². The molecule has 2 heterocycles. The van der Waals surface area contributed by atoms with E-state index in [1.807, 2.05) is 50.2 Å². The molecular formula is C27H34N4O3S. The lowest BCUT2D eigenvalue weighted by Crippen LogP contribution is -2.48. The van der Waals surface area contributed by atoms with Gasteiger partial charge in [-0.05, 0) is 56.8 Å². The second-order valence-electron chi connectivity index (χ2n) is 8.93. The lowest BCUT2D eigenvalue weighted by molar-refractivity contribution is 0.0938. The number of aryl methyl sites for hydroxylation is 2. The SMILES string of the molecule is CCN1CCN(CCNC(=O)c2ccc(-c3nc(C[S@](=O)c4ccc(C)cc4)c(C)o3)cc2)CC1. The number of benzene rings is 2. The maximum atomic E-state index is 12.7. The molecule has 1 aliphatic heterocycles. The van der Waals surface area contributed by atoms with Crippen molar-refractivity contribution in [2.24, 2.45) is 0 Å². The van der Waals surface area contributed by atoms with E-state index >= 15 is 0 Å². The summed E-state index contributed by atoms with van der Waals surface area (Å²) in [4.78, 5) is 22.7. The minimum Gasteiger partial charge on any atom is -0.441 e. The van der Waals surface area contributed by atoms with Crippen LogP contribution in [0, 0.1) is 13.8 Å². The molecular weight excluding hydrogens is 460 g/mol. The smallest absolute Gasteiger partial charge is 0.251 e. The molecule has 8 heteroatoms. The highest BCUT2D eigenvalue weighted by Crippen LogP contribution is 2.24. The van der Waals surface area contributed by atoms with E-state index in [2.05, 4.69) is 27.0 Å². The van der Waals surface area contributed by atoms with Crippen LogP contribution >= 0.6 is 0 Å². The molecule has 1 amide bonds. The molecule has 1 aliphatic rings. The molecule has 0 bridgehead atoms. The van der Waals surface area contributed by atoms with Crippen LogP contribution in [-0.4, -0.2) is 70.7 Å². The standard InChI is InChI=1S/C27H34N4O3S/c1-4-30-15-17-31(18-16-30)14-13-28-26(32)22-7-9-23(10-8-22)27-29-25(21(3)34-27)19-35(33)24-11-5-20(2)6-12-24/h5-12H,4,13-19H2,1-3H3,(H,28,32)/t35-/m0/s1. The first-order valence-corrected chi connectivity index (χ1v) is 13.5. The van der Waals surface area contributed by atoms with Gasteiger partial charge in [0.05, 0.1) is 22.2 Å². The molecule has 1 atom stereocenters. The number of nitrogens with one attached hydrogen (secondary N) is 1. The van der Waals surface area contributed by atoms with Crippen molar-refractivity contribution in [1.29, 1.82) is 0 Å². The summed E-state index contributed by atoms with van der Waals surface area (Å²) in [5.74, 6) is 1.34. The molecule has 0 radical (unpaired) electrons. The van der Waals surface area contributed by atoms with Gasteiger partial charge in [0.15, 0.2) is 0 Å². The fourth-order valence-electron chi connectivity index (χ4n) is 4.11. The summed E-state index contributed by atoms with van der Waals surface area (Å²) in [6.45, 7) is 12.9. The molecule has 7 nitrogen and oxygen atoms in total. The molecule has 2 aromatic carbocycles. The van der Waals surface area contributed by atoms with E-state index < -0.39 is 10.8 Å². The van der Waals surface area contributed by atoms with Crippen LogP contribution in [-0.2, 0) is 16.6 Å². The zero-order chi connectivity index (χ0) is 24.8. The molecule has 0 aliphatic carbocycles. The molecule has 186 valence electrons. The highest BCUT2D eigenvalue weighted by Gasteiger charge is 2.17. The largest absolute Gasteiger partial charge is 0.441 e. The Kier molecular flexibility index (Phi) is 8.49. The number of likely N-dealkylation sites (N-methyl/N-ethyl adjacent to an activating group) is 1. The second-order valence-corrected chi connectivity index (χ2v) is 10.4. The van der Waals surface area contributed by atoms with Crippen molar-refractivity contribution in [2.75, 3.05) is 45.8 Å². The number of oxazole rings is 1. The van der Waals surface area contributed by atoms with Crippen LogP contribution in [0.5, 0.6) is 0 Å². The van der Waals surface area contributed by atoms with Crippen molar-refractivity contribution < 1.29 is 13.4 Å². The third-order valence-electron chi connectivity index (χ3n) is 6.46. The number of rotatable bonds is 9. The first-order valence-electron chi connectivity index (χ1n) is 12.2. The summed E-state index contributed by atoms with van der Waals surface area (Å²) in [5, 5.41) is 3.02. The van der Waals surface area contributed by atoms with E-state index in [0.717, 1.165) is 55.3 Å². The van der Waals surface area contributed by atoms with Gasteiger partial charge in [-0.15, -0.1) is 0 Å². The fraction of sp³-hybridized carbons (Fsp3) is 0.407. The van der Waals surface area contributed by atoms with Crippen LogP contribution in [0.2, 0.25) is 0 Å². The number of carbonyl (C=O) groups excluding carboxylic acids is 1. The van der Waals surface area contributed by atoms with Gasteiger partial charge in [0.1, 0.15) is 5.76 Å². The van der Waals surface area contributed by atoms with Crippen molar-refractivity contribution in [1.82, 2.24) is 20.1 Å². The van der Waals surface area contributed by atoms with Crippen molar-refractivity contribution in [3.63, 3.8) is 0 Å². The molecule has 1 N–H and O–H groups in total. The van der Waals surface area contributed by atoms with Crippen LogP contribution in [0.1, 0.15) is 34.3 Å². The van der Waals surface area contributed by atoms with Crippen LogP contribution in [0.3, 0.4) is 0 Å². The Hall–Kier alpha value is -2.81. The van der Waals surface area contributed by atoms with E-state index in [1.165, 1.54) is 0 Å². The van der Waals surface area contributed by atoms with Gasteiger partial charge in [0.2, 0.25) is 5.89 Å². The molecule has 0 spiro atoms. The first-order chi connectivity index (χ1) is 16.9. The fourth-order valence-corrected chi connectivity index (χ4v) is 5.23. The summed E-state index contributed by atoms with van der Waals surface area (Å²) < 4.78 is 18.6. The Labute approximate surface area is 210 Å². The monoisotopic (exact) mass is 494 g/mol. The van der Waals surface area contributed by atoms with Gasteiger partial charge in [-0.2, -0.15) is 0 Å². The average molecular weight is 495 g/mol. The highest BCUT2D eigenvalue weighted by molar-refractivity contribution is 7.84. The lowest BCUT2D eigenvalue weighted by Gasteiger charge is -2.33. The van der Waals surface area contributed by atoms with E-state index in [9.17, 15) is 9.00 Å². The van der Waals surface area contributed by atoms with Crippen molar-refractivity contribution in [3.8, 4) is 11.5 Å². The molecule has 1 aromatic heterocycles. The number of amides is 1. The summed E-state index contributed by atoms with van der Waals surface area (Å²) in [7, 11) is -1.20. The number of nitrogens with zero attached hydrogens (tertiary/aromatic N) is 3. The van der Waals surface area contributed by atoms with Crippen LogP contribution in [0.15, 0.2) is 57.8 Å². The summed E-state index contributed by atoms with van der Waals surface area (Å²) in [6.07, 6.45) is 0. The van der Waals surface area contributed by atoms with E-state index in [1.54, 1.807) is 12.1 Å². The summed E-state index contributed by atoms with van der Waals surface area (Å²) in [6, 6.07) is 14.9. The molecule has 1 saturated heterocycles. The Morgan fingerprint density at radius 3 is 2.31 bits per heavy atom. The maximum absolute atomic E-state index is 12.7. The zero-order valence-electron chi connectivity index (χ0n) is 20.8. The maximum Gasteiger partial charge on any atom is 0.251 e. The Morgan fingerprint density at radius 1 is 1.00 bits per heavy atom. The lowest BCUT2D eigenvalue weighted by atomic mass is 10.1. The second kappa shape index (κ2) is 11.7. The molecule has 0 unspecified atom stereocenters. The molecule has 3 aromatic rings. The third kappa shape index (κ3) is 6.66. The minimum atomic E-state index is -1.20. The van der Waals surface area contributed by atoms with Crippen LogP contribution in [0.25, 0.3) is 11.5 Å². The predicted molar refractivity (Wildman–Crippen MR) is 139 cm³/mol. The topological polar surface area (TPSA) is 78.7 Å². The van der Waals surface area contributed by atoms with Crippen molar-refractivity contribution in [2.45, 2.75) is 31.4 Å². The van der Waals surface area contributed by atoms with Gasteiger partial charge in [-0.3, -0.25) is 13.9 Å². The van der Waals surface area contributed by atoms with Gasteiger partial charge in [0.25, 0.3) is 5.91 Å². The Balaban J connectivity index is 1.31. The zero-order valence-corrected chi connectivity index (χ0v) is 21.6. The van der Waals surface area contributed by atoms with Gasteiger partial charge in [-0.1, -0.05) is 24.6 Å². The Bertz CT molecular complexity index is 1150. The first kappa shape index (κ1) is 25.3. The quantitative estimate of drug-likeness (QED) is 0.489. The number of piperazine rings is 1. The molecule has 1 fully saturated rings. The number of carbonyl (C=O) groups is 1. The van der Waals surface area contributed by atoms with Gasteiger partial charge in [0, 0.05) is 55.3 Å². The normalized spacial score (nSPS) is 15.7.